The topological polar surface area (TPSA) is 68.4 Å². The molecule has 0 saturated heterocycles. The molecule has 198 valence electrons. The van der Waals surface area contributed by atoms with Gasteiger partial charge >= 0.3 is 0 Å². The number of amides is 1. The Kier molecular flexibility index (Phi) is 8.71. The molecule has 1 saturated carbocycles. The molecule has 0 spiro atoms. The fourth-order valence-electron chi connectivity index (χ4n) is 5.54. The molecule has 3 rings (SSSR count). The fourth-order valence-corrected chi connectivity index (χ4v) is 5.54. The van der Waals surface area contributed by atoms with Crippen molar-refractivity contribution in [2.24, 2.45) is 0 Å². The molecule has 1 heterocycles. The molecular formula is C30H46N4O2. The first-order chi connectivity index (χ1) is 16.8. The van der Waals surface area contributed by atoms with Crippen LogP contribution in [0.15, 0.2) is 23.0 Å². The summed E-state index contributed by atoms with van der Waals surface area (Å²) in [7, 11) is 4.35. The predicted molar refractivity (Wildman–Crippen MR) is 150 cm³/mol. The van der Waals surface area contributed by atoms with Crippen LogP contribution >= 0.6 is 0 Å². The summed E-state index contributed by atoms with van der Waals surface area (Å²) in [5.74, 6) is -0.133. The lowest BCUT2D eigenvalue weighted by molar-refractivity contribution is 0.0950. The Morgan fingerprint density at radius 3 is 2.17 bits per heavy atom. The number of carbonyl (C=O) groups excluding carboxylic acids is 1. The lowest BCUT2D eigenvalue weighted by Gasteiger charge is -2.41. The van der Waals surface area contributed by atoms with E-state index < -0.39 is 0 Å². The summed E-state index contributed by atoms with van der Waals surface area (Å²) in [6.45, 7) is 15.8. The van der Waals surface area contributed by atoms with Gasteiger partial charge < -0.3 is 20.1 Å². The van der Waals surface area contributed by atoms with Gasteiger partial charge in [0.15, 0.2) is 0 Å². The first-order valence-electron chi connectivity index (χ1n) is 13.4. The average Bonchev–Trinajstić information content (AvgIpc) is 2.79. The molecule has 2 aromatic rings. The molecule has 1 aromatic heterocycles. The summed E-state index contributed by atoms with van der Waals surface area (Å²) in [6.07, 6.45) is 4.72. The molecular weight excluding hydrogens is 448 g/mol. The van der Waals surface area contributed by atoms with E-state index in [1.54, 1.807) is 0 Å². The molecule has 6 heteroatoms. The molecule has 1 aliphatic carbocycles. The molecule has 1 fully saturated rings. The van der Waals surface area contributed by atoms with Crippen molar-refractivity contribution in [2.75, 3.05) is 25.5 Å². The van der Waals surface area contributed by atoms with Crippen LogP contribution in [0, 0.1) is 20.8 Å². The van der Waals surface area contributed by atoms with Crippen LogP contribution < -0.4 is 15.8 Å². The first-order valence-corrected chi connectivity index (χ1v) is 13.4. The van der Waals surface area contributed by atoms with E-state index in [-0.39, 0.29) is 23.4 Å². The highest BCUT2D eigenvalue weighted by Crippen LogP contribution is 2.36. The van der Waals surface area contributed by atoms with Gasteiger partial charge in [0.1, 0.15) is 0 Å². The number of nitrogens with one attached hydrogen (secondary N) is 2. The summed E-state index contributed by atoms with van der Waals surface area (Å²) in [6, 6.07) is 7.40. The Morgan fingerprint density at radius 2 is 1.64 bits per heavy atom. The minimum Gasteiger partial charge on any atom is -0.369 e. The van der Waals surface area contributed by atoms with E-state index in [1.165, 1.54) is 12.8 Å². The molecule has 2 N–H and O–H groups in total. The number of nitrogens with zero attached hydrogens (tertiary/aromatic N) is 2. The maximum absolute atomic E-state index is 13.5. The summed E-state index contributed by atoms with van der Waals surface area (Å²) >= 11 is 0. The summed E-state index contributed by atoms with van der Waals surface area (Å²) < 4.78 is 0. The highest BCUT2D eigenvalue weighted by molar-refractivity contribution is 5.97. The quantitative estimate of drug-likeness (QED) is 0.553. The largest absolute Gasteiger partial charge is 0.369 e. The minimum absolute atomic E-state index is 0.0931. The minimum atomic E-state index is -0.140. The Balaban J connectivity index is 1.94. The van der Waals surface area contributed by atoms with Gasteiger partial charge in [0.25, 0.3) is 11.5 Å². The number of hydrogen-bond acceptors (Lipinski definition) is 4. The van der Waals surface area contributed by atoms with Crippen molar-refractivity contribution in [1.29, 1.82) is 0 Å². The molecule has 36 heavy (non-hydrogen) atoms. The zero-order chi connectivity index (χ0) is 26.8. The smallest absolute Gasteiger partial charge is 0.253 e. The van der Waals surface area contributed by atoms with Gasteiger partial charge in [0.2, 0.25) is 0 Å². The van der Waals surface area contributed by atoms with E-state index in [1.807, 2.05) is 26.0 Å². The normalized spacial score (nSPS) is 18.4. The molecule has 0 bridgehead atoms. The second kappa shape index (κ2) is 11.2. The van der Waals surface area contributed by atoms with Crippen molar-refractivity contribution in [1.82, 2.24) is 15.2 Å². The van der Waals surface area contributed by atoms with Gasteiger partial charge in [-0.1, -0.05) is 20.8 Å². The second-order valence-electron chi connectivity index (χ2n) is 11.8. The summed E-state index contributed by atoms with van der Waals surface area (Å²) in [5.41, 5.74) is 6.10. The maximum atomic E-state index is 13.5. The van der Waals surface area contributed by atoms with Crippen LogP contribution in [0.4, 0.5) is 5.69 Å². The Hall–Kier alpha value is -2.60. The van der Waals surface area contributed by atoms with Gasteiger partial charge in [0, 0.05) is 47.7 Å². The van der Waals surface area contributed by atoms with Crippen molar-refractivity contribution in [3.05, 3.63) is 62.1 Å². The van der Waals surface area contributed by atoms with E-state index in [9.17, 15) is 9.59 Å². The van der Waals surface area contributed by atoms with Crippen molar-refractivity contribution in [3.63, 3.8) is 0 Å². The van der Waals surface area contributed by atoms with Gasteiger partial charge in [0.05, 0.1) is 0 Å². The molecule has 0 radical (unpaired) electrons. The predicted octanol–water partition coefficient (Wildman–Crippen LogP) is 5.23. The number of carbonyl (C=O) groups is 1. The van der Waals surface area contributed by atoms with Crippen LogP contribution in [0.3, 0.4) is 0 Å². The first kappa shape index (κ1) is 28.0. The van der Waals surface area contributed by atoms with Crippen molar-refractivity contribution < 1.29 is 4.79 Å². The van der Waals surface area contributed by atoms with Gasteiger partial charge in [-0.2, -0.15) is 0 Å². The number of rotatable bonds is 7. The van der Waals surface area contributed by atoms with Crippen molar-refractivity contribution >= 4 is 11.6 Å². The third-order valence-electron chi connectivity index (χ3n) is 7.90. The van der Waals surface area contributed by atoms with Crippen LogP contribution in [-0.2, 0) is 12.0 Å². The average molecular weight is 495 g/mol. The standard InChI is InChI=1S/C30H46N4O2/c1-10-34(24-13-11-23(12-14-24)33(8)9)27-17-22(30(5,6)7)16-25(21(27)4)28(35)31-18-26-19(2)15-20(3)32-29(26)36/h15-17,23-24H,10-14,18H2,1-9H3,(H,31,35)(H,32,36)/t23-,24-. The van der Waals surface area contributed by atoms with Gasteiger partial charge in [-0.05, 0) is 108 Å². The zero-order valence-electron chi connectivity index (χ0n) is 23.8. The number of benzene rings is 1. The number of hydrogen-bond donors (Lipinski definition) is 2. The molecule has 1 aliphatic rings. The van der Waals surface area contributed by atoms with E-state index in [0.717, 1.165) is 47.5 Å². The highest BCUT2D eigenvalue weighted by atomic mass is 16.1. The summed E-state index contributed by atoms with van der Waals surface area (Å²) in [4.78, 5) is 33.7. The Labute approximate surface area is 217 Å². The van der Waals surface area contributed by atoms with Gasteiger partial charge in [-0.3, -0.25) is 9.59 Å². The number of anilines is 1. The molecule has 6 nitrogen and oxygen atoms in total. The Morgan fingerprint density at radius 1 is 1.03 bits per heavy atom. The third-order valence-corrected chi connectivity index (χ3v) is 7.90. The number of H-pyrrole nitrogens is 1. The highest BCUT2D eigenvalue weighted by Gasteiger charge is 2.29. The number of aromatic nitrogens is 1. The fraction of sp³-hybridized carbons (Fsp3) is 0.600. The van der Waals surface area contributed by atoms with Crippen LogP contribution in [0.2, 0.25) is 0 Å². The lowest BCUT2D eigenvalue weighted by Crippen LogP contribution is -2.42. The van der Waals surface area contributed by atoms with Crippen LogP contribution in [0.5, 0.6) is 0 Å². The molecule has 0 aliphatic heterocycles. The molecule has 0 unspecified atom stereocenters. The molecule has 0 atom stereocenters. The van der Waals surface area contributed by atoms with E-state index >= 15 is 0 Å². The number of aryl methyl sites for hydroxylation is 2. The second-order valence-corrected chi connectivity index (χ2v) is 11.8. The number of pyridine rings is 1. The van der Waals surface area contributed by atoms with E-state index in [2.05, 4.69) is 74.9 Å². The third kappa shape index (κ3) is 6.20. The molecule has 1 amide bonds. The lowest BCUT2D eigenvalue weighted by atomic mass is 9.83. The maximum Gasteiger partial charge on any atom is 0.253 e. The van der Waals surface area contributed by atoms with Crippen LogP contribution in [0.1, 0.15) is 91.7 Å². The van der Waals surface area contributed by atoms with Crippen LogP contribution in [-0.4, -0.2) is 48.5 Å². The zero-order valence-corrected chi connectivity index (χ0v) is 23.8. The number of aromatic amines is 1. The van der Waals surface area contributed by atoms with E-state index in [4.69, 9.17) is 0 Å². The van der Waals surface area contributed by atoms with Crippen molar-refractivity contribution in [3.8, 4) is 0 Å². The van der Waals surface area contributed by atoms with Gasteiger partial charge in [-0.15, -0.1) is 0 Å². The van der Waals surface area contributed by atoms with E-state index in [0.29, 0.717) is 23.2 Å². The molecule has 1 aromatic carbocycles. The van der Waals surface area contributed by atoms with Crippen LogP contribution in [0.25, 0.3) is 0 Å². The van der Waals surface area contributed by atoms with Gasteiger partial charge in [-0.25, -0.2) is 0 Å². The Bertz CT molecular complexity index is 1130. The summed E-state index contributed by atoms with van der Waals surface area (Å²) in [5, 5.41) is 3.03. The monoisotopic (exact) mass is 494 g/mol. The van der Waals surface area contributed by atoms with Crippen molar-refractivity contribution in [2.45, 2.75) is 98.2 Å². The SMILES string of the molecule is CCN(c1cc(C(C)(C)C)cc(C(=O)NCc2c(C)cc(C)[nH]c2=O)c1C)[C@H]1CC[C@H](N(C)C)CC1.